The van der Waals surface area contributed by atoms with Gasteiger partial charge in [0.15, 0.2) is 26.5 Å². The van der Waals surface area contributed by atoms with Crippen molar-refractivity contribution in [1.82, 2.24) is 4.98 Å². The van der Waals surface area contributed by atoms with Crippen molar-refractivity contribution in [2.45, 2.75) is 24.7 Å². The Morgan fingerprint density at radius 2 is 1.93 bits per heavy atom. The highest BCUT2D eigenvalue weighted by Crippen LogP contribution is 2.32. The van der Waals surface area contributed by atoms with Gasteiger partial charge in [-0.25, -0.2) is 13.4 Å². The number of nitrogens with one attached hydrogen (secondary N) is 1. The molecule has 2 aromatic carbocycles. The molecule has 0 saturated carbocycles. The van der Waals surface area contributed by atoms with Crippen molar-refractivity contribution in [1.29, 1.82) is 0 Å². The number of aromatic nitrogens is 1. The molecule has 0 unspecified atom stereocenters. The normalized spacial score (nSPS) is 13.4. The number of aryl methyl sites for hydroxylation is 1. The molecule has 4 rings (SSSR count). The molecule has 29 heavy (non-hydrogen) atoms. The molecule has 0 aliphatic carbocycles. The number of thiazole rings is 1. The Hall–Kier alpha value is -2.65. The van der Waals surface area contributed by atoms with Crippen molar-refractivity contribution in [3.05, 3.63) is 42.0 Å². The molecule has 1 aliphatic heterocycles. The maximum absolute atomic E-state index is 12.6. The lowest BCUT2D eigenvalue weighted by Gasteiger charge is -2.18. The molecule has 2 heterocycles. The second-order valence-corrected chi connectivity index (χ2v) is 9.74. The van der Waals surface area contributed by atoms with Crippen LogP contribution < -0.4 is 14.8 Å². The number of carbonyl (C=O) groups is 1. The van der Waals surface area contributed by atoms with Crippen LogP contribution in [-0.4, -0.2) is 38.3 Å². The van der Waals surface area contributed by atoms with Gasteiger partial charge < -0.3 is 14.8 Å². The SMILES string of the molecule is CCc1ccc2nc(NC(=O)CCS(=O)(=O)c3ccc4c(c3)OCCO4)sc2c1. The molecule has 0 atom stereocenters. The lowest BCUT2D eigenvalue weighted by Crippen LogP contribution is -2.18. The van der Waals surface area contributed by atoms with Crippen molar-refractivity contribution in [3.8, 4) is 11.5 Å². The van der Waals surface area contributed by atoms with Crippen LogP contribution in [0, 0.1) is 0 Å². The summed E-state index contributed by atoms with van der Waals surface area (Å²) in [7, 11) is -3.63. The molecule has 152 valence electrons. The van der Waals surface area contributed by atoms with Crippen molar-refractivity contribution in [2.24, 2.45) is 0 Å². The van der Waals surface area contributed by atoms with E-state index in [0.29, 0.717) is 29.8 Å². The predicted octanol–water partition coefficient (Wildman–Crippen LogP) is 3.43. The molecule has 1 aliphatic rings. The largest absolute Gasteiger partial charge is 0.486 e. The molecule has 0 radical (unpaired) electrons. The Bertz CT molecular complexity index is 1170. The van der Waals surface area contributed by atoms with E-state index in [1.807, 2.05) is 12.1 Å². The predicted molar refractivity (Wildman–Crippen MR) is 112 cm³/mol. The van der Waals surface area contributed by atoms with Gasteiger partial charge in [0, 0.05) is 12.5 Å². The number of amides is 1. The topological polar surface area (TPSA) is 94.6 Å². The molecule has 0 fully saturated rings. The lowest BCUT2D eigenvalue weighted by molar-refractivity contribution is -0.115. The summed E-state index contributed by atoms with van der Waals surface area (Å²) in [5.74, 6) is 0.238. The quantitative estimate of drug-likeness (QED) is 0.641. The van der Waals surface area contributed by atoms with Crippen LogP contribution in [0.2, 0.25) is 0 Å². The van der Waals surface area contributed by atoms with Crippen LogP contribution >= 0.6 is 11.3 Å². The first-order valence-electron chi connectivity index (χ1n) is 9.26. The zero-order chi connectivity index (χ0) is 20.4. The van der Waals surface area contributed by atoms with E-state index < -0.39 is 9.84 Å². The number of ether oxygens (including phenoxy) is 2. The van der Waals surface area contributed by atoms with Crippen LogP contribution in [0.3, 0.4) is 0 Å². The molecule has 9 heteroatoms. The Morgan fingerprint density at radius 3 is 2.72 bits per heavy atom. The van der Waals surface area contributed by atoms with Crippen molar-refractivity contribution in [3.63, 3.8) is 0 Å². The van der Waals surface area contributed by atoms with E-state index in [9.17, 15) is 13.2 Å². The monoisotopic (exact) mass is 432 g/mol. The van der Waals surface area contributed by atoms with Gasteiger partial charge in [0.2, 0.25) is 5.91 Å². The molecular weight excluding hydrogens is 412 g/mol. The third-order valence-corrected chi connectivity index (χ3v) is 7.23. The summed E-state index contributed by atoms with van der Waals surface area (Å²) in [5.41, 5.74) is 2.01. The number of anilines is 1. The minimum Gasteiger partial charge on any atom is -0.486 e. The molecule has 1 aromatic heterocycles. The highest BCUT2D eigenvalue weighted by molar-refractivity contribution is 7.91. The summed E-state index contributed by atoms with van der Waals surface area (Å²) in [4.78, 5) is 16.8. The number of sulfone groups is 1. The third-order valence-electron chi connectivity index (χ3n) is 4.58. The zero-order valence-electron chi connectivity index (χ0n) is 15.8. The number of hydrogen-bond acceptors (Lipinski definition) is 7. The second kappa shape index (κ2) is 8.00. The lowest BCUT2D eigenvalue weighted by atomic mass is 10.2. The smallest absolute Gasteiger partial charge is 0.227 e. The molecule has 1 amide bonds. The highest BCUT2D eigenvalue weighted by Gasteiger charge is 2.21. The number of benzene rings is 2. The van der Waals surface area contributed by atoms with Gasteiger partial charge in [0.1, 0.15) is 13.2 Å². The summed E-state index contributed by atoms with van der Waals surface area (Å²) in [6, 6.07) is 10.5. The molecule has 0 spiro atoms. The Labute approximate surface area is 172 Å². The van der Waals surface area contributed by atoms with Crippen LogP contribution in [0.4, 0.5) is 5.13 Å². The van der Waals surface area contributed by atoms with Crippen molar-refractivity contribution < 1.29 is 22.7 Å². The standard InChI is InChI=1S/C20H20N2O5S2/c1-2-13-3-5-15-18(11-13)28-20(21-15)22-19(23)7-10-29(24,25)14-4-6-16-17(12-14)27-9-8-26-16/h3-6,11-12H,2,7-10H2,1H3,(H,21,22,23). The number of fused-ring (bicyclic) bond motifs is 2. The van der Waals surface area contributed by atoms with E-state index >= 15 is 0 Å². The van der Waals surface area contributed by atoms with E-state index in [1.54, 1.807) is 6.07 Å². The first kappa shape index (κ1) is 19.7. The number of carbonyl (C=O) groups excluding carboxylic acids is 1. The summed E-state index contributed by atoms with van der Waals surface area (Å²) in [6.07, 6.45) is 0.764. The Kier molecular flexibility index (Phi) is 5.42. The van der Waals surface area contributed by atoms with Crippen LogP contribution in [0.1, 0.15) is 18.9 Å². The van der Waals surface area contributed by atoms with Crippen LogP contribution in [-0.2, 0) is 21.1 Å². The maximum atomic E-state index is 12.6. The van der Waals surface area contributed by atoms with Gasteiger partial charge in [-0.05, 0) is 36.2 Å². The summed E-state index contributed by atoms with van der Waals surface area (Å²) < 4.78 is 37.0. The van der Waals surface area contributed by atoms with Gasteiger partial charge in [-0.2, -0.15) is 0 Å². The van der Waals surface area contributed by atoms with Gasteiger partial charge in [-0.15, -0.1) is 0 Å². The fourth-order valence-electron chi connectivity index (χ4n) is 2.99. The van der Waals surface area contributed by atoms with E-state index in [1.165, 1.54) is 29.0 Å². The van der Waals surface area contributed by atoms with E-state index in [-0.39, 0.29) is 23.0 Å². The highest BCUT2D eigenvalue weighted by atomic mass is 32.2. The van der Waals surface area contributed by atoms with Gasteiger partial charge in [-0.1, -0.05) is 24.3 Å². The molecule has 7 nitrogen and oxygen atoms in total. The Balaban J connectivity index is 1.41. The summed E-state index contributed by atoms with van der Waals surface area (Å²) in [6.45, 7) is 2.89. The summed E-state index contributed by atoms with van der Waals surface area (Å²) in [5, 5.41) is 3.17. The fraction of sp³-hybridized carbons (Fsp3) is 0.300. The molecular formula is C20H20N2O5S2. The van der Waals surface area contributed by atoms with Crippen molar-refractivity contribution in [2.75, 3.05) is 24.3 Å². The summed E-state index contributed by atoms with van der Waals surface area (Å²) >= 11 is 1.38. The number of rotatable bonds is 6. The number of nitrogens with zero attached hydrogens (tertiary/aromatic N) is 1. The van der Waals surface area contributed by atoms with E-state index in [2.05, 4.69) is 23.3 Å². The van der Waals surface area contributed by atoms with Crippen LogP contribution in [0.15, 0.2) is 41.3 Å². The minimum atomic E-state index is -3.63. The van der Waals surface area contributed by atoms with Gasteiger partial charge in [-0.3, -0.25) is 4.79 Å². The van der Waals surface area contributed by atoms with Gasteiger partial charge in [0.05, 0.1) is 20.9 Å². The molecule has 0 bridgehead atoms. The van der Waals surface area contributed by atoms with E-state index in [4.69, 9.17) is 9.47 Å². The van der Waals surface area contributed by atoms with Crippen molar-refractivity contribution >= 4 is 42.4 Å². The first-order valence-corrected chi connectivity index (χ1v) is 11.7. The van der Waals surface area contributed by atoms with Crippen LogP contribution in [0.25, 0.3) is 10.2 Å². The van der Waals surface area contributed by atoms with Gasteiger partial charge >= 0.3 is 0 Å². The third kappa shape index (κ3) is 4.35. The fourth-order valence-corrected chi connectivity index (χ4v) is 5.18. The molecule has 0 saturated heterocycles. The average Bonchev–Trinajstić information content (AvgIpc) is 3.13. The second-order valence-electron chi connectivity index (χ2n) is 6.60. The number of hydrogen-bond donors (Lipinski definition) is 1. The maximum Gasteiger partial charge on any atom is 0.227 e. The van der Waals surface area contributed by atoms with Gasteiger partial charge in [0.25, 0.3) is 0 Å². The molecule has 3 aromatic rings. The first-order chi connectivity index (χ1) is 13.9. The van der Waals surface area contributed by atoms with Crippen LogP contribution in [0.5, 0.6) is 11.5 Å². The minimum absolute atomic E-state index is 0.113. The van der Waals surface area contributed by atoms with E-state index in [0.717, 1.165) is 16.6 Å². The average molecular weight is 433 g/mol. The zero-order valence-corrected chi connectivity index (χ0v) is 17.4. The molecule has 1 N–H and O–H groups in total. The Morgan fingerprint density at radius 1 is 1.14 bits per heavy atom.